The number of hydrogen-bond donors (Lipinski definition) is 0. The summed E-state index contributed by atoms with van der Waals surface area (Å²) in [6.45, 7) is 0. The first-order valence-corrected chi connectivity index (χ1v) is 7.54. The van der Waals surface area contributed by atoms with E-state index >= 15 is 0 Å². The van der Waals surface area contributed by atoms with Gasteiger partial charge in [0, 0.05) is 35.2 Å². The first kappa shape index (κ1) is 21.4. The van der Waals surface area contributed by atoms with Crippen LogP contribution in [0.1, 0.15) is 22.7 Å². The van der Waals surface area contributed by atoms with Gasteiger partial charge in [-0.15, -0.1) is 65.4 Å². The van der Waals surface area contributed by atoms with Crippen LogP contribution in [0, 0.1) is 0 Å². The summed E-state index contributed by atoms with van der Waals surface area (Å²) in [7, 11) is 0. The Hall–Kier alpha value is -1.69. The molecule has 4 rings (SSSR count). The topological polar surface area (TPSA) is 12.9 Å². The van der Waals surface area contributed by atoms with Crippen molar-refractivity contribution in [2.75, 3.05) is 0 Å². The first-order valence-electron chi connectivity index (χ1n) is 7.54. The van der Waals surface area contributed by atoms with Gasteiger partial charge < -0.3 is 0 Å². The van der Waals surface area contributed by atoms with E-state index in [-0.39, 0.29) is 48.1 Å². The number of rotatable bonds is 3. The Morgan fingerprint density at radius 3 is 2.12 bits per heavy atom. The average Bonchev–Trinajstić information content (AvgIpc) is 3.01. The van der Waals surface area contributed by atoms with E-state index in [4.69, 9.17) is 0 Å². The summed E-state index contributed by atoms with van der Waals surface area (Å²) in [6, 6.07) is 29.7. The molecule has 25 heavy (non-hydrogen) atoms. The van der Waals surface area contributed by atoms with Gasteiger partial charge in [-0.3, -0.25) is 4.98 Å². The van der Waals surface area contributed by atoms with Crippen molar-refractivity contribution in [1.82, 2.24) is 4.98 Å². The van der Waals surface area contributed by atoms with E-state index in [9.17, 15) is 0 Å². The number of pyridine rings is 1. The van der Waals surface area contributed by atoms with Crippen LogP contribution >= 0.6 is 24.8 Å². The molecule has 1 nitrogen and oxygen atoms in total. The standard InChI is InChI=1S/C21H16N.2ClH.Cr/c1-2-9-17(10-3-1)21(20-12-6-7-15-22-20)19-14-13-16-8-4-5-11-18(16)19;;;/h1-15,21H;2*1H;/q-1;;;. The molecule has 0 spiro atoms. The predicted octanol–water partition coefficient (Wildman–Crippen LogP) is 5.98. The summed E-state index contributed by atoms with van der Waals surface area (Å²) in [6.07, 6.45) is 1.87. The molecule has 4 aromatic rings. The fourth-order valence-corrected chi connectivity index (χ4v) is 3.13. The van der Waals surface area contributed by atoms with Crippen LogP contribution in [0.3, 0.4) is 0 Å². The zero-order chi connectivity index (χ0) is 14.8. The van der Waals surface area contributed by atoms with E-state index in [0.717, 1.165) is 5.69 Å². The third kappa shape index (κ3) is 4.29. The number of benzene rings is 2. The predicted molar refractivity (Wildman–Crippen MR) is 106 cm³/mol. The molecule has 1 unspecified atom stereocenters. The van der Waals surface area contributed by atoms with E-state index in [1.165, 1.54) is 21.9 Å². The Bertz CT molecular complexity index is 852. The molecule has 3 aromatic carbocycles. The van der Waals surface area contributed by atoms with Gasteiger partial charge in [0.15, 0.2) is 0 Å². The summed E-state index contributed by atoms with van der Waals surface area (Å²) in [5.74, 6) is 0.169. The zero-order valence-electron chi connectivity index (χ0n) is 13.4. The normalized spacial score (nSPS) is 10.9. The van der Waals surface area contributed by atoms with Crippen molar-refractivity contribution in [3.63, 3.8) is 0 Å². The van der Waals surface area contributed by atoms with Crippen LogP contribution in [0.25, 0.3) is 10.8 Å². The molecule has 0 aliphatic rings. The molecule has 0 amide bonds. The number of hydrogen-bond acceptors (Lipinski definition) is 1. The van der Waals surface area contributed by atoms with Crippen LogP contribution in [-0.2, 0) is 17.4 Å². The maximum Gasteiger partial charge on any atom is 0.0434 e. The Morgan fingerprint density at radius 1 is 0.720 bits per heavy atom. The van der Waals surface area contributed by atoms with Gasteiger partial charge in [-0.1, -0.05) is 42.5 Å². The van der Waals surface area contributed by atoms with Crippen LogP contribution in [-0.4, -0.2) is 4.98 Å². The van der Waals surface area contributed by atoms with Crippen molar-refractivity contribution in [3.05, 3.63) is 108 Å². The quantitative estimate of drug-likeness (QED) is 0.381. The van der Waals surface area contributed by atoms with E-state index < -0.39 is 0 Å². The summed E-state index contributed by atoms with van der Waals surface area (Å²) in [5.41, 5.74) is 3.68. The molecule has 4 heteroatoms. The maximum atomic E-state index is 4.62. The van der Waals surface area contributed by atoms with Crippen LogP contribution in [0.15, 0.2) is 91.1 Å². The van der Waals surface area contributed by atoms with Crippen LogP contribution in [0.4, 0.5) is 0 Å². The molecule has 0 radical (unpaired) electrons. The monoisotopic (exact) mass is 406 g/mol. The van der Waals surface area contributed by atoms with Crippen molar-refractivity contribution in [2.24, 2.45) is 0 Å². The third-order valence-electron chi connectivity index (χ3n) is 4.14. The summed E-state index contributed by atoms with van der Waals surface area (Å²) < 4.78 is 0. The van der Waals surface area contributed by atoms with Crippen molar-refractivity contribution in [1.29, 1.82) is 0 Å². The van der Waals surface area contributed by atoms with Crippen LogP contribution < -0.4 is 0 Å². The summed E-state index contributed by atoms with van der Waals surface area (Å²) in [4.78, 5) is 4.62. The summed E-state index contributed by atoms with van der Waals surface area (Å²) in [5, 5.41) is 2.59. The molecule has 0 bridgehead atoms. The maximum absolute atomic E-state index is 4.62. The largest absolute Gasteiger partial charge is 0.261 e. The minimum Gasteiger partial charge on any atom is -0.261 e. The van der Waals surface area contributed by atoms with E-state index in [1.807, 2.05) is 12.3 Å². The second-order valence-corrected chi connectivity index (χ2v) is 5.47. The smallest absolute Gasteiger partial charge is 0.0434 e. The molecular formula is C21H18Cl2CrN-. The van der Waals surface area contributed by atoms with Gasteiger partial charge in [0.25, 0.3) is 0 Å². The van der Waals surface area contributed by atoms with Crippen molar-refractivity contribution in [2.45, 2.75) is 5.92 Å². The minimum atomic E-state index is 0. The van der Waals surface area contributed by atoms with Crippen molar-refractivity contribution < 1.29 is 17.4 Å². The molecule has 128 valence electrons. The van der Waals surface area contributed by atoms with Crippen LogP contribution in [0.5, 0.6) is 0 Å². The Kier molecular flexibility index (Phi) is 8.29. The van der Waals surface area contributed by atoms with Gasteiger partial charge in [0.2, 0.25) is 0 Å². The van der Waals surface area contributed by atoms with Crippen molar-refractivity contribution >= 4 is 35.6 Å². The molecule has 0 aliphatic heterocycles. The Balaban J connectivity index is 0.00000104. The van der Waals surface area contributed by atoms with E-state index in [0.29, 0.717) is 0 Å². The van der Waals surface area contributed by atoms with Gasteiger partial charge in [-0.05, 0) is 17.7 Å². The summed E-state index contributed by atoms with van der Waals surface area (Å²) >= 11 is 0. The van der Waals surface area contributed by atoms with Gasteiger partial charge >= 0.3 is 0 Å². The minimum absolute atomic E-state index is 0. The van der Waals surface area contributed by atoms with E-state index in [1.54, 1.807) is 0 Å². The second-order valence-electron chi connectivity index (χ2n) is 5.47. The Morgan fingerprint density at radius 2 is 1.40 bits per heavy atom. The molecular weight excluding hydrogens is 389 g/mol. The SMILES string of the molecule is Cl.Cl.[Cr].c1ccc(C(c2ccccn2)[c-]2ccc3ccccc32)cc1. The fraction of sp³-hybridized carbons (Fsp3) is 0.0476. The second kappa shape index (κ2) is 9.71. The molecule has 0 fully saturated rings. The van der Waals surface area contributed by atoms with Crippen molar-refractivity contribution in [3.8, 4) is 0 Å². The number of aromatic nitrogens is 1. The number of nitrogens with zero attached hydrogens (tertiary/aromatic N) is 1. The number of fused-ring (bicyclic) bond motifs is 1. The molecule has 0 aliphatic carbocycles. The fourth-order valence-electron chi connectivity index (χ4n) is 3.13. The number of halogens is 2. The first-order chi connectivity index (χ1) is 10.9. The van der Waals surface area contributed by atoms with Gasteiger partial charge in [0.1, 0.15) is 0 Å². The average molecular weight is 407 g/mol. The van der Waals surface area contributed by atoms with E-state index in [2.05, 4.69) is 83.8 Å². The van der Waals surface area contributed by atoms with Gasteiger partial charge in [-0.2, -0.15) is 6.07 Å². The molecule has 1 atom stereocenters. The molecule has 0 N–H and O–H groups in total. The van der Waals surface area contributed by atoms with Gasteiger partial charge in [0.05, 0.1) is 0 Å². The Labute approximate surface area is 171 Å². The molecule has 0 saturated heterocycles. The molecule has 1 aromatic heterocycles. The zero-order valence-corrected chi connectivity index (χ0v) is 16.3. The third-order valence-corrected chi connectivity index (χ3v) is 4.14. The molecule has 0 saturated carbocycles. The van der Waals surface area contributed by atoms with Gasteiger partial charge in [-0.25, -0.2) is 0 Å². The molecule has 1 heterocycles. The van der Waals surface area contributed by atoms with Crippen LogP contribution in [0.2, 0.25) is 0 Å².